The minimum absolute atomic E-state index is 0.0665. The van der Waals surface area contributed by atoms with Crippen LogP contribution in [0, 0.1) is 10.1 Å². The number of amides is 2. The molecule has 2 aromatic rings. The summed E-state index contributed by atoms with van der Waals surface area (Å²) in [5, 5.41) is 13.7. The molecule has 1 atom stereocenters. The van der Waals surface area contributed by atoms with Crippen molar-refractivity contribution in [1.29, 1.82) is 0 Å². The third-order valence-corrected chi connectivity index (χ3v) is 3.99. The van der Waals surface area contributed by atoms with Gasteiger partial charge in [-0.05, 0) is 35.0 Å². The molecule has 10 nitrogen and oxygen atoms in total. The Morgan fingerprint density at radius 3 is 2.81 bits per heavy atom. The van der Waals surface area contributed by atoms with Gasteiger partial charge in [-0.3, -0.25) is 14.5 Å². The number of nitrogens with one attached hydrogen (secondary N) is 1. The van der Waals surface area contributed by atoms with Crippen LogP contribution in [0.25, 0.3) is 0 Å². The first kappa shape index (κ1) is 18.1. The molecule has 10 heteroatoms. The van der Waals surface area contributed by atoms with Crippen molar-refractivity contribution in [3.63, 3.8) is 0 Å². The molecule has 0 saturated heterocycles. The number of aromatic nitrogens is 1. The maximum absolute atomic E-state index is 12.7. The number of rotatable bonds is 5. The van der Waals surface area contributed by atoms with Gasteiger partial charge in [0, 0.05) is 6.07 Å². The molecule has 0 fully saturated rings. The lowest BCUT2D eigenvalue weighted by Crippen LogP contribution is -2.50. The quantitative estimate of drug-likeness (QED) is 0.626. The van der Waals surface area contributed by atoms with Gasteiger partial charge in [0.1, 0.15) is 11.8 Å². The summed E-state index contributed by atoms with van der Waals surface area (Å²) in [5.41, 5.74) is 0.435. The maximum atomic E-state index is 12.7. The van der Waals surface area contributed by atoms with Gasteiger partial charge in [-0.2, -0.15) is 0 Å². The molecule has 0 spiro atoms. The normalized spacial score (nSPS) is 14.0. The van der Waals surface area contributed by atoms with Crippen LogP contribution < -0.4 is 19.7 Å². The zero-order valence-corrected chi connectivity index (χ0v) is 14.5. The monoisotopic (exact) mass is 372 g/mol. The Balaban J connectivity index is 1.91. The average Bonchev–Trinajstić information content (AvgIpc) is 2.67. The van der Waals surface area contributed by atoms with Crippen LogP contribution in [0.1, 0.15) is 6.92 Å². The van der Waals surface area contributed by atoms with Gasteiger partial charge in [-0.25, -0.2) is 0 Å². The zero-order valence-electron chi connectivity index (χ0n) is 14.5. The van der Waals surface area contributed by atoms with Crippen LogP contribution in [0.5, 0.6) is 11.5 Å². The van der Waals surface area contributed by atoms with E-state index in [-0.39, 0.29) is 18.2 Å². The molecule has 0 radical (unpaired) electrons. The number of nitrogens with zero attached hydrogens (tertiary/aromatic N) is 3. The number of methoxy groups -OCH3 is 1. The van der Waals surface area contributed by atoms with Crippen LogP contribution in [0.2, 0.25) is 0 Å². The van der Waals surface area contributed by atoms with Gasteiger partial charge in [0.15, 0.2) is 12.4 Å². The number of benzene rings is 1. The van der Waals surface area contributed by atoms with E-state index in [0.29, 0.717) is 11.4 Å². The SMILES string of the molecule is COc1ccccc1NC(=O)C(C)N1C(=O)COc2ccc([N+](=O)[O-])nc21. The van der Waals surface area contributed by atoms with E-state index in [4.69, 9.17) is 9.47 Å². The molecule has 1 aliphatic heterocycles. The highest BCUT2D eigenvalue weighted by molar-refractivity contribution is 6.06. The number of carbonyl (C=O) groups excluding carboxylic acids is 2. The molecule has 0 bridgehead atoms. The molecule has 0 aliphatic carbocycles. The molecule has 2 heterocycles. The summed E-state index contributed by atoms with van der Waals surface area (Å²) in [6.07, 6.45) is 0. The van der Waals surface area contributed by atoms with E-state index in [1.54, 1.807) is 24.3 Å². The molecule has 2 amide bonds. The van der Waals surface area contributed by atoms with E-state index in [0.717, 1.165) is 4.90 Å². The lowest BCUT2D eigenvalue weighted by Gasteiger charge is -2.29. The third-order valence-electron chi connectivity index (χ3n) is 3.99. The van der Waals surface area contributed by atoms with Crippen molar-refractivity contribution in [3.8, 4) is 11.5 Å². The first-order chi connectivity index (χ1) is 12.9. The fraction of sp³-hybridized carbons (Fsp3) is 0.235. The van der Waals surface area contributed by atoms with Crippen LogP contribution in [0.15, 0.2) is 36.4 Å². The first-order valence-corrected chi connectivity index (χ1v) is 7.96. The van der Waals surface area contributed by atoms with Crippen LogP contribution in [0.3, 0.4) is 0 Å². The number of carbonyl (C=O) groups is 2. The van der Waals surface area contributed by atoms with Crippen LogP contribution in [-0.2, 0) is 9.59 Å². The Morgan fingerprint density at radius 2 is 2.11 bits per heavy atom. The largest absolute Gasteiger partial charge is 0.495 e. The number of fused-ring (bicyclic) bond motifs is 1. The van der Waals surface area contributed by atoms with E-state index >= 15 is 0 Å². The van der Waals surface area contributed by atoms with Crippen molar-refractivity contribution >= 4 is 29.1 Å². The summed E-state index contributed by atoms with van der Waals surface area (Å²) < 4.78 is 10.4. The minimum Gasteiger partial charge on any atom is -0.495 e. The Labute approximate surface area is 153 Å². The van der Waals surface area contributed by atoms with Crippen LogP contribution in [0.4, 0.5) is 17.3 Å². The van der Waals surface area contributed by atoms with Crippen molar-refractivity contribution in [2.75, 3.05) is 23.9 Å². The molecule has 1 aromatic carbocycles. The van der Waals surface area contributed by atoms with Gasteiger partial charge >= 0.3 is 5.82 Å². The number of ether oxygens (including phenoxy) is 2. The van der Waals surface area contributed by atoms with Crippen LogP contribution >= 0.6 is 0 Å². The van der Waals surface area contributed by atoms with Gasteiger partial charge in [0.2, 0.25) is 5.91 Å². The Hall–Kier alpha value is -3.69. The van der Waals surface area contributed by atoms with Crippen molar-refractivity contribution in [2.45, 2.75) is 13.0 Å². The average molecular weight is 372 g/mol. The molecule has 1 N–H and O–H groups in total. The van der Waals surface area contributed by atoms with Gasteiger partial charge < -0.3 is 24.9 Å². The van der Waals surface area contributed by atoms with Crippen molar-refractivity contribution in [1.82, 2.24) is 4.98 Å². The number of pyridine rings is 1. The molecule has 3 rings (SSSR count). The lowest BCUT2D eigenvalue weighted by atomic mass is 10.2. The number of anilines is 2. The van der Waals surface area contributed by atoms with E-state index in [9.17, 15) is 19.7 Å². The number of nitro groups is 1. The highest BCUT2D eigenvalue weighted by Crippen LogP contribution is 2.33. The second-order valence-electron chi connectivity index (χ2n) is 5.67. The first-order valence-electron chi connectivity index (χ1n) is 7.96. The lowest BCUT2D eigenvalue weighted by molar-refractivity contribution is -0.389. The molecule has 27 heavy (non-hydrogen) atoms. The van der Waals surface area contributed by atoms with E-state index in [1.807, 2.05) is 0 Å². The minimum atomic E-state index is -0.987. The maximum Gasteiger partial charge on any atom is 0.366 e. The topological polar surface area (TPSA) is 124 Å². The summed E-state index contributed by atoms with van der Waals surface area (Å²) in [6.45, 7) is 1.21. The number of hydrogen-bond acceptors (Lipinski definition) is 7. The summed E-state index contributed by atoms with van der Waals surface area (Å²) >= 11 is 0. The predicted octanol–water partition coefficient (Wildman–Crippen LogP) is 1.75. The van der Waals surface area contributed by atoms with Crippen molar-refractivity contribution in [2.24, 2.45) is 0 Å². The van der Waals surface area contributed by atoms with Gasteiger partial charge in [0.05, 0.1) is 12.8 Å². The van der Waals surface area contributed by atoms with E-state index in [2.05, 4.69) is 10.3 Å². The summed E-state index contributed by atoms with van der Waals surface area (Å²) in [5.74, 6) is -0.901. The second-order valence-corrected chi connectivity index (χ2v) is 5.67. The fourth-order valence-electron chi connectivity index (χ4n) is 2.64. The van der Waals surface area contributed by atoms with Crippen molar-refractivity contribution in [3.05, 3.63) is 46.5 Å². The molecule has 1 aliphatic rings. The third kappa shape index (κ3) is 3.50. The summed E-state index contributed by atoms with van der Waals surface area (Å²) in [6, 6.07) is 8.35. The van der Waals surface area contributed by atoms with Gasteiger partial charge in [-0.1, -0.05) is 12.1 Å². The molecular formula is C17H16N4O6. The predicted molar refractivity (Wildman–Crippen MR) is 95.0 cm³/mol. The van der Waals surface area contributed by atoms with E-state index < -0.39 is 28.6 Å². The summed E-state index contributed by atoms with van der Waals surface area (Å²) in [7, 11) is 1.47. The zero-order chi connectivity index (χ0) is 19.6. The molecule has 140 valence electrons. The Bertz CT molecular complexity index is 916. The molecule has 0 saturated carbocycles. The van der Waals surface area contributed by atoms with Crippen LogP contribution in [-0.4, -0.2) is 41.5 Å². The Kier molecular flexibility index (Phi) is 4.88. The van der Waals surface area contributed by atoms with Crippen molar-refractivity contribution < 1.29 is 24.0 Å². The smallest absolute Gasteiger partial charge is 0.366 e. The molecule has 1 aromatic heterocycles. The second kappa shape index (κ2) is 7.28. The highest BCUT2D eigenvalue weighted by Gasteiger charge is 2.38. The van der Waals surface area contributed by atoms with E-state index in [1.165, 1.54) is 26.2 Å². The number of para-hydroxylation sites is 2. The standard InChI is InChI=1S/C17H16N4O6/c1-10(17(23)18-11-5-3-4-6-12(11)26-2)20-15(22)9-27-13-7-8-14(21(24)25)19-16(13)20/h3-8,10H,9H2,1-2H3,(H,18,23). The van der Waals surface area contributed by atoms with Gasteiger partial charge in [0.25, 0.3) is 11.7 Å². The molecule has 1 unspecified atom stereocenters. The fourth-order valence-corrected chi connectivity index (χ4v) is 2.64. The molecular weight excluding hydrogens is 356 g/mol. The highest BCUT2D eigenvalue weighted by atomic mass is 16.6. The number of hydrogen-bond donors (Lipinski definition) is 1. The Morgan fingerprint density at radius 1 is 1.37 bits per heavy atom. The summed E-state index contributed by atoms with van der Waals surface area (Å²) in [4.78, 5) is 40.3. The van der Waals surface area contributed by atoms with Gasteiger partial charge in [-0.15, -0.1) is 0 Å².